The molecule has 0 aromatic carbocycles. The molecule has 3 atom stereocenters. The van der Waals surface area contributed by atoms with Gasteiger partial charge in [-0.3, -0.25) is 4.90 Å². The van der Waals surface area contributed by atoms with Gasteiger partial charge in [0.1, 0.15) is 0 Å². The molecular formula is C12H22N2. The Morgan fingerprint density at radius 1 is 1.14 bits per heavy atom. The van der Waals surface area contributed by atoms with E-state index in [-0.39, 0.29) is 0 Å². The molecule has 3 fully saturated rings. The van der Waals surface area contributed by atoms with Gasteiger partial charge < -0.3 is 5.32 Å². The van der Waals surface area contributed by atoms with Gasteiger partial charge in [0.05, 0.1) is 0 Å². The van der Waals surface area contributed by atoms with Crippen molar-refractivity contribution in [1.29, 1.82) is 0 Å². The Bertz CT molecular complexity index is 204. The standard InChI is InChI=1S/C12H22N2/c1-9-8-13-6-7-14(9)12-10-4-2-3-5-11(10)12/h9-13H,2-8H2,1H3. The summed E-state index contributed by atoms with van der Waals surface area (Å²) in [5.74, 6) is 2.17. The zero-order valence-corrected chi connectivity index (χ0v) is 9.21. The van der Waals surface area contributed by atoms with Gasteiger partial charge in [-0.25, -0.2) is 0 Å². The fourth-order valence-electron chi connectivity index (χ4n) is 3.75. The Morgan fingerprint density at radius 3 is 2.50 bits per heavy atom. The van der Waals surface area contributed by atoms with Gasteiger partial charge in [0.15, 0.2) is 0 Å². The summed E-state index contributed by atoms with van der Waals surface area (Å²) in [7, 11) is 0. The van der Waals surface area contributed by atoms with Crippen molar-refractivity contribution in [3.8, 4) is 0 Å². The molecule has 1 saturated heterocycles. The van der Waals surface area contributed by atoms with E-state index in [2.05, 4.69) is 17.1 Å². The lowest BCUT2D eigenvalue weighted by Gasteiger charge is -2.34. The van der Waals surface area contributed by atoms with Gasteiger partial charge in [0, 0.05) is 31.7 Å². The maximum atomic E-state index is 3.49. The van der Waals surface area contributed by atoms with Crippen molar-refractivity contribution >= 4 is 0 Å². The molecule has 1 heterocycles. The Hall–Kier alpha value is -0.0800. The first-order chi connectivity index (χ1) is 6.88. The lowest BCUT2D eigenvalue weighted by molar-refractivity contribution is 0.151. The summed E-state index contributed by atoms with van der Waals surface area (Å²) in [5, 5.41) is 3.49. The summed E-state index contributed by atoms with van der Waals surface area (Å²) in [4.78, 5) is 2.79. The molecule has 3 rings (SSSR count). The van der Waals surface area contributed by atoms with Crippen LogP contribution in [-0.2, 0) is 0 Å². The van der Waals surface area contributed by atoms with Gasteiger partial charge >= 0.3 is 0 Å². The van der Waals surface area contributed by atoms with E-state index in [1.54, 1.807) is 0 Å². The largest absolute Gasteiger partial charge is 0.314 e. The van der Waals surface area contributed by atoms with Crippen molar-refractivity contribution in [1.82, 2.24) is 10.2 Å². The number of hydrogen-bond acceptors (Lipinski definition) is 2. The predicted molar refractivity (Wildman–Crippen MR) is 58.3 cm³/mol. The van der Waals surface area contributed by atoms with Crippen LogP contribution in [0, 0.1) is 11.8 Å². The van der Waals surface area contributed by atoms with Crippen LogP contribution in [0.25, 0.3) is 0 Å². The molecule has 14 heavy (non-hydrogen) atoms. The van der Waals surface area contributed by atoms with Crippen LogP contribution in [0.5, 0.6) is 0 Å². The predicted octanol–water partition coefficient (Wildman–Crippen LogP) is 1.47. The second-order valence-corrected chi connectivity index (χ2v) is 5.39. The minimum atomic E-state index is 0.777. The molecule has 0 spiro atoms. The van der Waals surface area contributed by atoms with E-state index in [9.17, 15) is 0 Å². The number of rotatable bonds is 1. The van der Waals surface area contributed by atoms with Crippen molar-refractivity contribution in [2.24, 2.45) is 11.8 Å². The molecule has 0 aromatic heterocycles. The molecule has 2 aliphatic carbocycles. The molecule has 2 nitrogen and oxygen atoms in total. The van der Waals surface area contributed by atoms with E-state index < -0.39 is 0 Å². The summed E-state index contributed by atoms with van der Waals surface area (Å²) in [6.45, 7) is 6.09. The zero-order chi connectivity index (χ0) is 9.54. The fraction of sp³-hybridized carbons (Fsp3) is 1.00. The van der Waals surface area contributed by atoms with E-state index in [0.717, 1.165) is 23.9 Å². The van der Waals surface area contributed by atoms with Crippen molar-refractivity contribution in [3.63, 3.8) is 0 Å². The number of piperazine rings is 1. The molecule has 1 aliphatic heterocycles. The van der Waals surface area contributed by atoms with E-state index in [1.807, 2.05) is 0 Å². The van der Waals surface area contributed by atoms with Crippen LogP contribution in [-0.4, -0.2) is 36.6 Å². The molecule has 0 radical (unpaired) electrons. The topological polar surface area (TPSA) is 15.3 Å². The SMILES string of the molecule is CC1CNCCN1C1C2CCCCC21. The molecule has 2 heteroatoms. The summed E-state index contributed by atoms with van der Waals surface area (Å²) in [6, 6.07) is 1.76. The third-order valence-corrected chi connectivity index (χ3v) is 4.55. The van der Waals surface area contributed by atoms with Gasteiger partial charge in [-0.15, -0.1) is 0 Å². The highest BCUT2D eigenvalue weighted by Crippen LogP contribution is 2.53. The minimum Gasteiger partial charge on any atom is -0.314 e. The molecule has 2 saturated carbocycles. The Morgan fingerprint density at radius 2 is 1.86 bits per heavy atom. The highest BCUT2D eigenvalue weighted by Gasteiger charge is 2.54. The number of fused-ring (bicyclic) bond motifs is 1. The van der Waals surface area contributed by atoms with Crippen LogP contribution in [0.15, 0.2) is 0 Å². The average molecular weight is 194 g/mol. The van der Waals surface area contributed by atoms with Crippen molar-refractivity contribution < 1.29 is 0 Å². The van der Waals surface area contributed by atoms with Crippen molar-refractivity contribution in [2.75, 3.05) is 19.6 Å². The maximum Gasteiger partial charge on any atom is 0.0196 e. The third-order valence-electron chi connectivity index (χ3n) is 4.55. The normalized spacial score (nSPS) is 48.6. The molecule has 3 unspecified atom stereocenters. The zero-order valence-electron chi connectivity index (χ0n) is 9.21. The quantitative estimate of drug-likeness (QED) is 0.680. The highest BCUT2D eigenvalue weighted by atomic mass is 15.3. The van der Waals surface area contributed by atoms with Crippen LogP contribution < -0.4 is 5.32 Å². The smallest absolute Gasteiger partial charge is 0.0196 e. The first-order valence-corrected chi connectivity index (χ1v) is 6.34. The van der Waals surface area contributed by atoms with E-state index in [4.69, 9.17) is 0 Å². The highest BCUT2D eigenvalue weighted by molar-refractivity contribution is 5.07. The van der Waals surface area contributed by atoms with E-state index in [1.165, 1.54) is 45.3 Å². The molecule has 0 amide bonds. The lowest BCUT2D eigenvalue weighted by Crippen LogP contribution is -2.51. The second kappa shape index (κ2) is 3.49. The van der Waals surface area contributed by atoms with E-state index >= 15 is 0 Å². The molecule has 0 aromatic rings. The van der Waals surface area contributed by atoms with Gasteiger partial charge in [-0.2, -0.15) is 0 Å². The Labute approximate surface area is 87.0 Å². The van der Waals surface area contributed by atoms with Crippen LogP contribution >= 0.6 is 0 Å². The molecule has 80 valence electrons. The van der Waals surface area contributed by atoms with Crippen molar-refractivity contribution in [2.45, 2.75) is 44.7 Å². The summed E-state index contributed by atoms with van der Waals surface area (Å²) < 4.78 is 0. The maximum absolute atomic E-state index is 3.49. The monoisotopic (exact) mass is 194 g/mol. The molecular weight excluding hydrogens is 172 g/mol. The van der Waals surface area contributed by atoms with E-state index in [0.29, 0.717) is 0 Å². The summed E-state index contributed by atoms with van der Waals surface area (Å²) in [6.07, 6.45) is 6.04. The number of nitrogens with one attached hydrogen (secondary N) is 1. The van der Waals surface area contributed by atoms with Crippen LogP contribution in [0.2, 0.25) is 0 Å². The molecule has 0 bridgehead atoms. The van der Waals surface area contributed by atoms with Crippen LogP contribution in [0.4, 0.5) is 0 Å². The fourth-order valence-corrected chi connectivity index (χ4v) is 3.75. The Kier molecular flexibility index (Phi) is 2.29. The van der Waals surface area contributed by atoms with Gasteiger partial charge in [-0.05, 0) is 31.6 Å². The number of nitrogens with zero attached hydrogens (tertiary/aromatic N) is 1. The molecule has 1 N–H and O–H groups in total. The minimum absolute atomic E-state index is 0.777. The summed E-state index contributed by atoms with van der Waals surface area (Å²) in [5.41, 5.74) is 0. The van der Waals surface area contributed by atoms with Gasteiger partial charge in [-0.1, -0.05) is 12.8 Å². The first kappa shape index (κ1) is 9.17. The third kappa shape index (κ3) is 1.40. The first-order valence-electron chi connectivity index (χ1n) is 6.34. The van der Waals surface area contributed by atoms with Crippen LogP contribution in [0.3, 0.4) is 0 Å². The second-order valence-electron chi connectivity index (χ2n) is 5.39. The average Bonchev–Trinajstić information content (AvgIpc) is 2.93. The Balaban J connectivity index is 1.65. The summed E-state index contributed by atoms with van der Waals surface area (Å²) >= 11 is 0. The van der Waals surface area contributed by atoms with Gasteiger partial charge in [0.2, 0.25) is 0 Å². The van der Waals surface area contributed by atoms with Crippen molar-refractivity contribution in [3.05, 3.63) is 0 Å². The van der Waals surface area contributed by atoms with Gasteiger partial charge in [0.25, 0.3) is 0 Å². The van der Waals surface area contributed by atoms with Crippen LogP contribution in [0.1, 0.15) is 32.6 Å². The molecule has 3 aliphatic rings. The number of hydrogen-bond donors (Lipinski definition) is 1. The lowest BCUT2D eigenvalue weighted by atomic mass is 10.0.